The minimum atomic E-state index is 0.119. The lowest BCUT2D eigenvalue weighted by Gasteiger charge is -2.53. The van der Waals surface area contributed by atoms with Crippen molar-refractivity contribution in [3.8, 4) is 5.75 Å². The van der Waals surface area contributed by atoms with Gasteiger partial charge in [-0.15, -0.1) is 0 Å². The highest BCUT2D eigenvalue weighted by atomic mass is 16.5. The van der Waals surface area contributed by atoms with Gasteiger partial charge in [0.15, 0.2) is 0 Å². The Morgan fingerprint density at radius 2 is 1.91 bits per heavy atom. The number of benzene rings is 1. The van der Waals surface area contributed by atoms with Crippen LogP contribution in [0.5, 0.6) is 5.75 Å². The minimum absolute atomic E-state index is 0.119. The third-order valence-electron chi connectivity index (χ3n) is 4.83. The first-order valence-electron chi connectivity index (χ1n) is 8.18. The van der Waals surface area contributed by atoms with Gasteiger partial charge >= 0.3 is 0 Å². The zero-order valence-electron chi connectivity index (χ0n) is 13.8. The molecule has 2 heterocycles. The van der Waals surface area contributed by atoms with Crippen molar-refractivity contribution in [2.24, 2.45) is 5.92 Å². The van der Waals surface area contributed by atoms with Crippen LogP contribution in [0.3, 0.4) is 0 Å². The average molecular weight is 302 g/mol. The van der Waals surface area contributed by atoms with Crippen LogP contribution >= 0.6 is 0 Å². The molecule has 2 saturated heterocycles. The van der Waals surface area contributed by atoms with Crippen molar-refractivity contribution in [3.05, 3.63) is 29.8 Å². The molecule has 2 aliphatic heterocycles. The third-order valence-corrected chi connectivity index (χ3v) is 4.83. The zero-order chi connectivity index (χ0) is 15.7. The van der Waals surface area contributed by atoms with E-state index in [4.69, 9.17) is 4.74 Å². The summed E-state index contributed by atoms with van der Waals surface area (Å²) in [6.07, 6.45) is 1.75. The summed E-state index contributed by atoms with van der Waals surface area (Å²) in [6, 6.07) is 8.26. The van der Waals surface area contributed by atoms with E-state index in [1.165, 1.54) is 5.56 Å². The molecule has 1 amide bonds. The number of rotatable bonds is 5. The number of methoxy groups -OCH3 is 1. The van der Waals surface area contributed by atoms with Crippen LogP contribution in [0.25, 0.3) is 0 Å². The minimum Gasteiger partial charge on any atom is -0.497 e. The van der Waals surface area contributed by atoms with Crippen LogP contribution in [0.4, 0.5) is 0 Å². The average Bonchev–Trinajstić information content (AvgIpc) is 2.77. The molecular formula is C18H26N2O2. The Morgan fingerprint density at radius 3 is 2.50 bits per heavy atom. The van der Waals surface area contributed by atoms with Crippen molar-refractivity contribution in [2.75, 3.05) is 26.7 Å². The van der Waals surface area contributed by atoms with Gasteiger partial charge in [-0.05, 0) is 30.0 Å². The predicted octanol–water partition coefficient (Wildman–Crippen LogP) is 2.53. The summed E-state index contributed by atoms with van der Waals surface area (Å²) < 4.78 is 5.20. The molecule has 0 aromatic heterocycles. The van der Waals surface area contributed by atoms with Crippen molar-refractivity contribution in [2.45, 2.75) is 38.8 Å². The van der Waals surface area contributed by atoms with Crippen LogP contribution in [0, 0.1) is 5.92 Å². The van der Waals surface area contributed by atoms with E-state index in [9.17, 15) is 4.79 Å². The fraction of sp³-hybridized carbons (Fsp3) is 0.611. The molecule has 0 aliphatic carbocycles. The zero-order valence-corrected chi connectivity index (χ0v) is 13.8. The summed E-state index contributed by atoms with van der Waals surface area (Å²) >= 11 is 0. The quantitative estimate of drug-likeness (QED) is 0.838. The van der Waals surface area contributed by atoms with E-state index in [2.05, 4.69) is 35.8 Å². The van der Waals surface area contributed by atoms with Gasteiger partial charge < -0.3 is 9.64 Å². The predicted molar refractivity (Wildman–Crippen MR) is 86.8 cm³/mol. The molecule has 1 aromatic rings. The molecule has 22 heavy (non-hydrogen) atoms. The number of hydrogen-bond acceptors (Lipinski definition) is 3. The van der Waals surface area contributed by atoms with E-state index >= 15 is 0 Å². The first-order valence-corrected chi connectivity index (χ1v) is 8.18. The van der Waals surface area contributed by atoms with Gasteiger partial charge in [-0.2, -0.15) is 0 Å². The molecule has 2 aliphatic rings. The maximum atomic E-state index is 12.1. The van der Waals surface area contributed by atoms with Gasteiger partial charge in [0.05, 0.1) is 12.6 Å². The Balaban J connectivity index is 1.59. The molecule has 0 atom stereocenters. The summed E-state index contributed by atoms with van der Waals surface area (Å²) in [7, 11) is 1.69. The number of ether oxygens (including phenoxy) is 1. The molecule has 120 valence electrons. The fourth-order valence-electron chi connectivity index (χ4n) is 3.75. The fourth-order valence-corrected chi connectivity index (χ4v) is 3.75. The highest BCUT2D eigenvalue weighted by molar-refractivity contribution is 5.80. The Bertz CT molecular complexity index is 533. The van der Waals surface area contributed by atoms with E-state index < -0.39 is 0 Å². The maximum Gasteiger partial charge on any atom is 0.223 e. The number of hydrogen-bond donors (Lipinski definition) is 0. The van der Waals surface area contributed by atoms with Crippen LogP contribution in [0.15, 0.2) is 24.3 Å². The molecule has 2 fully saturated rings. The molecule has 0 bridgehead atoms. The van der Waals surface area contributed by atoms with Gasteiger partial charge in [0.25, 0.3) is 0 Å². The Kier molecular flexibility index (Phi) is 4.13. The lowest BCUT2D eigenvalue weighted by atomic mass is 9.86. The number of nitrogens with zero attached hydrogens (tertiary/aromatic N) is 2. The number of amides is 1. The lowest BCUT2D eigenvalue weighted by molar-refractivity contribution is -0.137. The molecule has 4 nitrogen and oxygen atoms in total. The SMILES string of the molecule is COc1ccc(CN2CC3(CCC(=O)N3CC(C)C)C2)cc1. The molecule has 0 N–H and O–H groups in total. The van der Waals surface area contributed by atoms with Gasteiger partial charge in [-0.3, -0.25) is 9.69 Å². The Morgan fingerprint density at radius 1 is 1.23 bits per heavy atom. The first kappa shape index (κ1) is 15.3. The molecule has 0 saturated carbocycles. The van der Waals surface area contributed by atoms with Crippen molar-refractivity contribution < 1.29 is 9.53 Å². The molecule has 1 aromatic carbocycles. The van der Waals surface area contributed by atoms with E-state index in [1.54, 1.807) is 7.11 Å². The highest BCUT2D eigenvalue weighted by Crippen LogP contribution is 2.39. The maximum absolute atomic E-state index is 12.1. The molecule has 4 heteroatoms. The summed E-state index contributed by atoms with van der Waals surface area (Å²) in [6.45, 7) is 8.25. The van der Waals surface area contributed by atoms with Crippen molar-refractivity contribution in [1.29, 1.82) is 0 Å². The van der Waals surface area contributed by atoms with Gasteiger partial charge in [0.1, 0.15) is 5.75 Å². The second-order valence-electron chi connectivity index (χ2n) is 7.12. The normalized spacial score (nSPS) is 20.7. The monoisotopic (exact) mass is 302 g/mol. The van der Waals surface area contributed by atoms with Crippen LogP contribution < -0.4 is 4.74 Å². The molecular weight excluding hydrogens is 276 g/mol. The highest BCUT2D eigenvalue weighted by Gasteiger charge is 2.52. The van der Waals surface area contributed by atoms with Crippen LogP contribution in [-0.2, 0) is 11.3 Å². The number of carbonyl (C=O) groups is 1. The molecule has 1 spiro atoms. The largest absolute Gasteiger partial charge is 0.497 e. The standard InChI is InChI=1S/C18H26N2O2/c1-14(2)10-20-17(21)8-9-18(20)12-19(13-18)11-15-4-6-16(22-3)7-5-15/h4-7,14H,8-13H2,1-3H3. The van der Waals surface area contributed by atoms with E-state index in [1.807, 2.05) is 12.1 Å². The smallest absolute Gasteiger partial charge is 0.223 e. The lowest BCUT2D eigenvalue weighted by Crippen LogP contribution is -2.68. The summed E-state index contributed by atoms with van der Waals surface area (Å²) in [5, 5.41) is 0. The second-order valence-corrected chi connectivity index (χ2v) is 7.12. The summed E-state index contributed by atoms with van der Waals surface area (Å²) in [4.78, 5) is 16.7. The number of carbonyl (C=O) groups excluding carboxylic acids is 1. The van der Waals surface area contributed by atoms with Gasteiger partial charge in [0.2, 0.25) is 5.91 Å². The second kappa shape index (κ2) is 5.92. The van der Waals surface area contributed by atoms with Crippen LogP contribution in [0.1, 0.15) is 32.3 Å². The first-order chi connectivity index (χ1) is 10.5. The van der Waals surface area contributed by atoms with Gasteiger partial charge in [-0.1, -0.05) is 26.0 Å². The summed E-state index contributed by atoms with van der Waals surface area (Å²) in [5.41, 5.74) is 1.42. The topological polar surface area (TPSA) is 32.8 Å². The Hall–Kier alpha value is -1.55. The van der Waals surface area contributed by atoms with E-state index in [0.29, 0.717) is 11.8 Å². The van der Waals surface area contributed by atoms with Crippen LogP contribution in [-0.4, -0.2) is 48.0 Å². The molecule has 3 rings (SSSR count). The number of likely N-dealkylation sites (tertiary alicyclic amines) is 2. The molecule has 0 unspecified atom stereocenters. The Labute approximate surface area is 133 Å². The van der Waals surface area contributed by atoms with Crippen molar-refractivity contribution in [3.63, 3.8) is 0 Å². The van der Waals surface area contributed by atoms with E-state index in [-0.39, 0.29) is 5.54 Å². The van der Waals surface area contributed by atoms with Gasteiger partial charge in [-0.25, -0.2) is 0 Å². The van der Waals surface area contributed by atoms with Crippen LogP contribution in [0.2, 0.25) is 0 Å². The molecule has 0 radical (unpaired) electrons. The third kappa shape index (κ3) is 2.84. The summed E-state index contributed by atoms with van der Waals surface area (Å²) in [5.74, 6) is 1.78. The van der Waals surface area contributed by atoms with E-state index in [0.717, 1.165) is 44.8 Å². The van der Waals surface area contributed by atoms with Crippen molar-refractivity contribution >= 4 is 5.91 Å². The van der Waals surface area contributed by atoms with Crippen molar-refractivity contribution in [1.82, 2.24) is 9.80 Å². The van der Waals surface area contributed by atoms with Gasteiger partial charge in [0, 0.05) is 32.6 Å².